The second-order valence-electron chi connectivity index (χ2n) is 6.11. The molecule has 1 saturated heterocycles. The van der Waals surface area contributed by atoms with Crippen molar-refractivity contribution in [3.8, 4) is 6.07 Å². The van der Waals surface area contributed by atoms with Gasteiger partial charge in [-0.25, -0.2) is 4.98 Å². The minimum absolute atomic E-state index is 0.0271. The lowest BCUT2D eigenvalue weighted by atomic mass is 10.1. The molecule has 1 aromatic carbocycles. The van der Waals surface area contributed by atoms with Crippen LogP contribution in [0.25, 0.3) is 0 Å². The van der Waals surface area contributed by atoms with E-state index in [-0.39, 0.29) is 17.6 Å². The molecule has 0 N–H and O–H groups in total. The second kappa shape index (κ2) is 7.24. The summed E-state index contributed by atoms with van der Waals surface area (Å²) in [6.07, 6.45) is 1.52. The number of amides is 1. The van der Waals surface area contributed by atoms with Crippen molar-refractivity contribution in [1.82, 2.24) is 14.8 Å². The monoisotopic (exact) mass is 320 g/mol. The smallest absolute Gasteiger partial charge is 0.254 e. The maximum Gasteiger partial charge on any atom is 0.254 e. The van der Waals surface area contributed by atoms with Crippen LogP contribution < -0.4 is 0 Å². The minimum atomic E-state index is -0.0271. The van der Waals surface area contributed by atoms with Crippen LogP contribution in [0.4, 0.5) is 0 Å². The van der Waals surface area contributed by atoms with E-state index in [2.05, 4.69) is 41.1 Å². The van der Waals surface area contributed by atoms with E-state index in [0.29, 0.717) is 12.1 Å². The molecule has 0 unspecified atom stereocenters. The number of benzene rings is 1. The largest absolute Gasteiger partial charge is 0.333 e. The molecule has 1 aliphatic heterocycles. The van der Waals surface area contributed by atoms with Crippen molar-refractivity contribution < 1.29 is 4.79 Å². The molecule has 3 rings (SSSR count). The molecule has 24 heavy (non-hydrogen) atoms. The Kier molecular flexibility index (Phi) is 4.88. The fraction of sp³-hybridized carbons (Fsp3) is 0.316. The molecule has 2 aromatic rings. The van der Waals surface area contributed by atoms with Crippen molar-refractivity contribution in [3.05, 3.63) is 65.5 Å². The summed E-state index contributed by atoms with van der Waals surface area (Å²) < 4.78 is 0. The van der Waals surface area contributed by atoms with Crippen LogP contribution in [0.15, 0.2) is 48.7 Å². The van der Waals surface area contributed by atoms with Gasteiger partial charge < -0.3 is 4.90 Å². The van der Waals surface area contributed by atoms with Crippen LogP contribution in [-0.4, -0.2) is 46.4 Å². The summed E-state index contributed by atoms with van der Waals surface area (Å²) in [4.78, 5) is 20.9. The Morgan fingerprint density at radius 2 is 2.08 bits per heavy atom. The molecule has 0 saturated carbocycles. The molecule has 1 amide bonds. The Hall–Kier alpha value is -2.71. The first-order chi connectivity index (χ1) is 11.7. The van der Waals surface area contributed by atoms with E-state index >= 15 is 0 Å². The number of hydrogen-bond donors (Lipinski definition) is 0. The van der Waals surface area contributed by atoms with Gasteiger partial charge >= 0.3 is 0 Å². The van der Waals surface area contributed by atoms with Gasteiger partial charge in [-0.05, 0) is 24.6 Å². The normalized spacial score (nSPS) is 18.2. The average Bonchev–Trinajstić information content (AvgIpc) is 2.62. The molecule has 0 bridgehead atoms. The highest BCUT2D eigenvalue weighted by atomic mass is 16.2. The van der Waals surface area contributed by atoms with Crippen molar-refractivity contribution >= 4 is 5.91 Å². The van der Waals surface area contributed by atoms with E-state index < -0.39 is 0 Å². The molecule has 5 nitrogen and oxygen atoms in total. The van der Waals surface area contributed by atoms with Crippen molar-refractivity contribution in [3.63, 3.8) is 0 Å². The summed E-state index contributed by atoms with van der Waals surface area (Å²) >= 11 is 0. The third-order valence-corrected chi connectivity index (χ3v) is 4.34. The zero-order chi connectivity index (χ0) is 16.9. The molecule has 122 valence electrons. The quantitative estimate of drug-likeness (QED) is 0.870. The van der Waals surface area contributed by atoms with Gasteiger partial charge in [0.25, 0.3) is 5.91 Å². The van der Waals surface area contributed by atoms with E-state index in [1.807, 2.05) is 17.0 Å². The van der Waals surface area contributed by atoms with Crippen molar-refractivity contribution in [1.29, 1.82) is 5.26 Å². The van der Waals surface area contributed by atoms with Gasteiger partial charge in [0.15, 0.2) is 0 Å². The van der Waals surface area contributed by atoms with Gasteiger partial charge in [0.1, 0.15) is 11.8 Å². The second-order valence-corrected chi connectivity index (χ2v) is 6.11. The Balaban J connectivity index is 1.65. The van der Waals surface area contributed by atoms with Gasteiger partial charge in [-0.2, -0.15) is 5.26 Å². The van der Waals surface area contributed by atoms with E-state index in [1.54, 1.807) is 12.1 Å². The number of pyridine rings is 1. The van der Waals surface area contributed by atoms with Crippen LogP contribution in [-0.2, 0) is 6.54 Å². The zero-order valence-corrected chi connectivity index (χ0v) is 13.7. The maximum atomic E-state index is 12.7. The summed E-state index contributed by atoms with van der Waals surface area (Å²) in [6, 6.07) is 15.7. The molecule has 1 aliphatic rings. The molecule has 2 heterocycles. The van der Waals surface area contributed by atoms with Gasteiger partial charge in [-0.3, -0.25) is 9.69 Å². The molecular weight excluding hydrogens is 300 g/mol. The number of nitriles is 1. The van der Waals surface area contributed by atoms with Crippen LogP contribution in [0.3, 0.4) is 0 Å². The van der Waals surface area contributed by atoms with Crippen LogP contribution in [0.2, 0.25) is 0 Å². The average molecular weight is 320 g/mol. The fourth-order valence-electron chi connectivity index (χ4n) is 3.11. The van der Waals surface area contributed by atoms with Gasteiger partial charge in [-0.15, -0.1) is 0 Å². The van der Waals surface area contributed by atoms with Gasteiger partial charge in [0.2, 0.25) is 0 Å². The van der Waals surface area contributed by atoms with Crippen LogP contribution >= 0.6 is 0 Å². The van der Waals surface area contributed by atoms with E-state index in [9.17, 15) is 4.79 Å². The molecule has 0 radical (unpaired) electrons. The molecule has 5 heteroatoms. The Bertz CT molecular complexity index is 753. The van der Waals surface area contributed by atoms with Gasteiger partial charge in [-0.1, -0.05) is 30.3 Å². The van der Waals surface area contributed by atoms with Crippen molar-refractivity contribution in [2.75, 3.05) is 19.6 Å². The molecular formula is C19H20N4O. The summed E-state index contributed by atoms with van der Waals surface area (Å²) in [6.45, 7) is 5.36. The Morgan fingerprint density at radius 3 is 2.79 bits per heavy atom. The number of aromatic nitrogens is 1. The molecule has 1 aromatic heterocycles. The van der Waals surface area contributed by atoms with Crippen LogP contribution in [0.1, 0.15) is 28.5 Å². The SMILES string of the molecule is C[C@@H]1CN(Cc2ccccc2)CCN1C(=O)c1ccnc(C#N)c1. The van der Waals surface area contributed by atoms with E-state index in [0.717, 1.165) is 19.6 Å². The number of carbonyl (C=O) groups is 1. The predicted octanol–water partition coefficient (Wildman–Crippen LogP) is 2.30. The van der Waals surface area contributed by atoms with E-state index in [1.165, 1.54) is 11.8 Å². The molecule has 1 fully saturated rings. The van der Waals surface area contributed by atoms with Crippen LogP contribution in [0, 0.1) is 11.3 Å². The summed E-state index contributed by atoms with van der Waals surface area (Å²) in [7, 11) is 0. The molecule has 0 spiro atoms. The highest BCUT2D eigenvalue weighted by Crippen LogP contribution is 2.16. The summed E-state index contributed by atoms with van der Waals surface area (Å²) in [5, 5.41) is 8.94. The fourth-order valence-corrected chi connectivity index (χ4v) is 3.11. The lowest BCUT2D eigenvalue weighted by Gasteiger charge is -2.40. The number of hydrogen-bond acceptors (Lipinski definition) is 4. The van der Waals surface area contributed by atoms with Gasteiger partial charge in [0.05, 0.1) is 0 Å². The highest BCUT2D eigenvalue weighted by molar-refractivity contribution is 5.94. The summed E-state index contributed by atoms with van der Waals surface area (Å²) in [5.74, 6) is -0.0271. The van der Waals surface area contributed by atoms with Crippen molar-refractivity contribution in [2.24, 2.45) is 0 Å². The standard InChI is InChI=1S/C19H20N4O/c1-15-13-22(14-16-5-3-2-4-6-16)9-10-23(15)19(24)17-7-8-21-18(11-17)12-20/h2-8,11,15H,9-10,13-14H2,1H3/t15-/m1/s1. The number of rotatable bonds is 3. The predicted molar refractivity (Wildman–Crippen MR) is 91.2 cm³/mol. The lowest BCUT2D eigenvalue weighted by molar-refractivity contribution is 0.0475. The summed E-state index contributed by atoms with van der Waals surface area (Å²) in [5.41, 5.74) is 2.10. The van der Waals surface area contributed by atoms with E-state index in [4.69, 9.17) is 5.26 Å². The molecule has 1 atom stereocenters. The number of nitrogens with zero attached hydrogens (tertiary/aromatic N) is 4. The third kappa shape index (κ3) is 3.61. The van der Waals surface area contributed by atoms with Gasteiger partial charge in [0, 0.05) is 44.0 Å². The third-order valence-electron chi connectivity index (χ3n) is 4.34. The first-order valence-electron chi connectivity index (χ1n) is 8.11. The maximum absolute atomic E-state index is 12.7. The van der Waals surface area contributed by atoms with Crippen LogP contribution in [0.5, 0.6) is 0 Å². The Morgan fingerprint density at radius 1 is 1.29 bits per heavy atom. The number of carbonyl (C=O) groups excluding carboxylic acids is 1. The first kappa shape index (κ1) is 16.2. The lowest BCUT2D eigenvalue weighted by Crippen LogP contribution is -2.53. The topological polar surface area (TPSA) is 60.2 Å². The minimum Gasteiger partial charge on any atom is -0.333 e. The number of piperazine rings is 1. The molecule has 0 aliphatic carbocycles. The zero-order valence-electron chi connectivity index (χ0n) is 13.7. The first-order valence-corrected chi connectivity index (χ1v) is 8.11. The highest BCUT2D eigenvalue weighted by Gasteiger charge is 2.28. The Labute approximate surface area is 142 Å². The van der Waals surface area contributed by atoms with Crippen molar-refractivity contribution in [2.45, 2.75) is 19.5 Å².